The van der Waals surface area contributed by atoms with Crippen LogP contribution >= 0.6 is 0 Å². The van der Waals surface area contributed by atoms with Gasteiger partial charge in [0.15, 0.2) is 0 Å². The smallest absolute Gasteiger partial charge is 0.325 e. The summed E-state index contributed by atoms with van der Waals surface area (Å²) in [6.07, 6.45) is 4.52. The third-order valence-electron chi connectivity index (χ3n) is 3.80. The molecule has 2 saturated carbocycles. The molecular weight excluding hydrogens is 194 g/mol. The molecule has 0 aromatic heterocycles. The molecule has 2 fully saturated rings. The molecule has 2 bridgehead atoms. The van der Waals surface area contributed by atoms with Gasteiger partial charge in [-0.15, -0.1) is 0 Å². The van der Waals surface area contributed by atoms with Crippen molar-refractivity contribution in [1.29, 1.82) is 0 Å². The van der Waals surface area contributed by atoms with Crippen LogP contribution in [0.15, 0.2) is 0 Å². The van der Waals surface area contributed by atoms with Crippen molar-refractivity contribution in [2.24, 2.45) is 17.8 Å². The Labute approximate surface area is 89.0 Å². The molecule has 0 aromatic rings. The minimum Gasteiger partial charge on any atom is -0.480 e. The third-order valence-corrected chi connectivity index (χ3v) is 3.80. The van der Waals surface area contributed by atoms with Crippen molar-refractivity contribution >= 4 is 11.9 Å². The van der Waals surface area contributed by atoms with Gasteiger partial charge in [-0.05, 0) is 38.0 Å². The van der Waals surface area contributed by atoms with E-state index >= 15 is 0 Å². The second kappa shape index (κ2) is 3.83. The van der Waals surface area contributed by atoms with Crippen molar-refractivity contribution in [1.82, 2.24) is 5.32 Å². The minimum absolute atomic E-state index is 0.0582. The predicted molar refractivity (Wildman–Crippen MR) is 54.2 cm³/mol. The zero-order valence-corrected chi connectivity index (χ0v) is 8.90. The number of hydrogen-bond acceptors (Lipinski definition) is 2. The van der Waals surface area contributed by atoms with E-state index in [2.05, 4.69) is 5.32 Å². The zero-order valence-electron chi connectivity index (χ0n) is 8.90. The van der Waals surface area contributed by atoms with Crippen LogP contribution in [0.25, 0.3) is 0 Å². The Morgan fingerprint density at radius 2 is 2.07 bits per heavy atom. The number of amides is 1. The lowest BCUT2D eigenvalue weighted by Gasteiger charge is -2.21. The number of aliphatic carboxylic acids is 1. The lowest BCUT2D eigenvalue weighted by Crippen LogP contribution is -2.42. The Kier molecular flexibility index (Phi) is 2.67. The van der Waals surface area contributed by atoms with E-state index in [1.165, 1.54) is 19.8 Å². The van der Waals surface area contributed by atoms with Gasteiger partial charge in [-0.3, -0.25) is 9.59 Å². The van der Waals surface area contributed by atoms with Crippen LogP contribution in [0.5, 0.6) is 0 Å². The minimum atomic E-state index is -0.966. The number of carbonyl (C=O) groups excluding carboxylic acids is 1. The molecule has 2 N–H and O–H groups in total. The van der Waals surface area contributed by atoms with Gasteiger partial charge in [-0.2, -0.15) is 0 Å². The van der Waals surface area contributed by atoms with Gasteiger partial charge in [0, 0.05) is 5.92 Å². The molecule has 0 aliphatic heterocycles. The summed E-state index contributed by atoms with van der Waals surface area (Å²) in [6.45, 7) is 1.51. The summed E-state index contributed by atoms with van der Waals surface area (Å²) < 4.78 is 0. The highest BCUT2D eigenvalue weighted by molar-refractivity contribution is 5.85. The molecule has 0 spiro atoms. The van der Waals surface area contributed by atoms with E-state index in [1.54, 1.807) is 0 Å². The summed E-state index contributed by atoms with van der Waals surface area (Å²) in [5.74, 6) is 0.274. The highest BCUT2D eigenvalue weighted by Crippen LogP contribution is 2.48. The Morgan fingerprint density at radius 1 is 1.33 bits per heavy atom. The molecular formula is C11H17NO3. The first kappa shape index (κ1) is 10.5. The van der Waals surface area contributed by atoms with Crippen molar-refractivity contribution in [2.45, 2.75) is 38.6 Å². The highest BCUT2D eigenvalue weighted by atomic mass is 16.4. The van der Waals surface area contributed by atoms with Crippen molar-refractivity contribution < 1.29 is 14.7 Å². The standard InChI is InChI=1S/C11H17NO3/c1-6(11(14)15)12-10(13)9-5-7-2-3-8(9)4-7/h6-9H,2-5H2,1H3,(H,12,13)(H,14,15). The molecule has 0 saturated heterocycles. The molecule has 2 rings (SSSR count). The average molecular weight is 211 g/mol. The second-order valence-corrected chi connectivity index (χ2v) is 4.85. The Bertz CT molecular complexity index is 290. The first-order valence-corrected chi connectivity index (χ1v) is 5.61. The monoisotopic (exact) mass is 211 g/mol. The quantitative estimate of drug-likeness (QED) is 0.732. The molecule has 4 nitrogen and oxygen atoms in total. The SMILES string of the molecule is CC(NC(=O)C1CC2CCC1C2)C(=O)O. The van der Waals surface area contributed by atoms with Crippen LogP contribution in [0.4, 0.5) is 0 Å². The number of carboxylic acid groups (broad SMARTS) is 1. The largest absolute Gasteiger partial charge is 0.480 e. The van der Waals surface area contributed by atoms with E-state index in [4.69, 9.17) is 5.11 Å². The maximum atomic E-state index is 11.8. The lowest BCUT2D eigenvalue weighted by molar-refractivity contribution is -0.142. The molecule has 4 atom stereocenters. The molecule has 1 amide bonds. The van der Waals surface area contributed by atoms with E-state index in [0.29, 0.717) is 11.8 Å². The van der Waals surface area contributed by atoms with Gasteiger partial charge in [-0.1, -0.05) is 6.42 Å². The van der Waals surface area contributed by atoms with Crippen molar-refractivity contribution in [3.63, 3.8) is 0 Å². The van der Waals surface area contributed by atoms with E-state index in [0.717, 1.165) is 12.8 Å². The first-order valence-electron chi connectivity index (χ1n) is 5.61. The van der Waals surface area contributed by atoms with Gasteiger partial charge in [0.1, 0.15) is 6.04 Å². The number of hydrogen-bond donors (Lipinski definition) is 2. The molecule has 0 heterocycles. The van der Waals surface area contributed by atoms with Crippen LogP contribution in [0.1, 0.15) is 32.6 Å². The summed E-state index contributed by atoms with van der Waals surface area (Å²) in [6, 6.07) is -0.767. The molecule has 4 heteroatoms. The van der Waals surface area contributed by atoms with Crippen molar-refractivity contribution in [2.75, 3.05) is 0 Å². The molecule has 15 heavy (non-hydrogen) atoms. The molecule has 2 aliphatic carbocycles. The predicted octanol–water partition coefficient (Wildman–Crippen LogP) is 1.01. The number of carboxylic acids is 1. The lowest BCUT2D eigenvalue weighted by atomic mass is 9.88. The highest BCUT2D eigenvalue weighted by Gasteiger charge is 2.43. The molecule has 4 unspecified atom stereocenters. The van der Waals surface area contributed by atoms with E-state index in [-0.39, 0.29) is 11.8 Å². The van der Waals surface area contributed by atoms with Gasteiger partial charge >= 0.3 is 5.97 Å². The maximum Gasteiger partial charge on any atom is 0.325 e. The van der Waals surface area contributed by atoms with Crippen LogP contribution in [0.2, 0.25) is 0 Å². The van der Waals surface area contributed by atoms with Gasteiger partial charge in [-0.25, -0.2) is 0 Å². The van der Waals surface area contributed by atoms with Gasteiger partial charge in [0.25, 0.3) is 0 Å². The van der Waals surface area contributed by atoms with Gasteiger partial charge < -0.3 is 10.4 Å². The van der Waals surface area contributed by atoms with Crippen molar-refractivity contribution in [3.8, 4) is 0 Å². The average Bonchev–Trinajstić information content (AvgIpc) is 2.78. The molecule has 2 aliphatic rings. The first-order chi connectivity index (χ1) is 7.08. The maximum absolute atomic E-state index is 11.8. The summed E-state index contributed by atoms with van der Waals surface area (Å²) in [4.78, 5) is 22.4. The van der Waals surface area contributed by atoms with E-state index < -0.39 is 12.0 Å². The van der Waals surface area contributed by atoms with Crippen LogP contribution in [-0.4, -0.2) is 23.0 Å². The topological polar surface area (TPSA) is 66.4 Å². The number of fused-ring (bicyclic) bond motifs is 2. The van der Waals surface area contributed by atoms with Crippen LogP contribution in [0, 0.1) is 17.8 Å². The summed E-state index contributed by atoms with van der Waals surface area (Å²) in [5.41, 5.74) is 0. The fourth-order valence-electron chi connectivity index (χ4n) is 2.95. The molecule has 0 radical (unpaired) electrons. The van der Waals surface area contributed by atoms with Crippen LogP contribution in [-0.2, 0) is 9.59 Å². The normalized spacial score (nSPS) is 35.1. The van der Waals surface area contributed by atoms with E-state index in [1.807, 2.05) is 0 Å². The number of carbonyl (C=O) groups is 2. The Balaban J connectivity index is 1.89. The van der Waals surface area contributed by atoms with Gasteiger partial charge in [0.2, 0.25) is 5.91 Å². The number of rotatable bonds is 3. The molecule has 84 valence electrons. The van der Waals surface area contributed by atoms with Crippen LogP contribution < -0.4 is 5.32 Å². The zero-order chi connectivity index (χ0) is 11.0. The van der Waals surface area contributed by atoms with Crippen molar-refractivity contribution in [3.05, 3.63) is 0 Å². The number of nitrogens with one attached hydrogen (secondary N) is 1. The van der Waals surface area contributed by atoms with Crippen LogP contribution in [0.3, 0.4) is 0 Å². The fraction of sp³-hybridized carbons (Fsp3) is 0.818. The Hall–Kier alpha value is -1.06. The second-order valence-electron chi connectivity index (χ2n) is 4.85. The summed E-state index contributed by atoms with van der Waals surface area (Å²) in [7, 11) is 0. The fourth-order valence-corrected chi connectivity index (χ4v) is 2.95. The van der Waals surface area contributed by atoms with Gasteiger partial charge in [0.05, 0.1) is 0 Å². The summed E-state index contributed by atoms with van der Waals surface area (Å²) >= 11 is 0. The molecule has 0 aromatic carbocycles. The summed E-state index contributed by atoms with van der Waals surface area (Å²) in [5, 5.41) is 11.3. The van der Waals surface area contributed by atoms with E-state index in [9.17, 15) is 9.59 Å². The third kappa shape index (κ3) is 1.98. The Morgan fingerprint density at radius 3 is 2.53 bits per heavy atom.